The van der Waals surface area contributed by atoms with Crippen molar-refractivity contribution in [1.82, 2.24) is 19.7 Å². The van der Waals surface area contributed by atoms with Crippen molar-refractivity contribution in [3.8, 4) is 11.3 Å². The van der Waals surface area contributed by atoms with Crippen molar-refractivity contribution in [2.75, 3.05) is 16.8 Å². The Kier molecular flexibility index (Phi) is 6.01. The highest BCUT2D eigenvalue weighted by atomic mass is 32.2. The molecule has 0 bridgehead atoms. The van der Waals surface area contributed by atoms with Gasteiger partial charge in [-0.05, 0) is 48.0 Å². The monoisotopic (exact) mass is 499 g/mol. The van der Waals surface area contributed by atoms with Crippen molar-refractivity contribution in [3.05, 3.63) is 96.3 Å². The molecule has 1 amide bonds. The van der Waals surface area contributed by atoms with Crippen LogP contribution in [0.2, 0.25) is 0 Å². The van der Waals surface area contributed by atoms with Crippen molar-refractivity contribution >= 4 is 46.2 Å². The number of thioether (sulfide) groups is 2. The number of hydrogen-bond acceptors (Lipinski definition) is 7. The molecule has 9 heteroatoms. The lowest BCUT2D eigenvalue weighted by Gasteiger charge is -2.12. The summed E-state index contributed by atoms with van der Waals surface area (Å²) >= 11 is 3.88. The van der Waals surface area contributed by atoms with Gasteiger partial charge in [0.1, 0.15) is 12.3 Å². The second-order valence-corrected chi connectivity index (χ2v) is 10.8. The van der Waals surface area contributed by atoms with Gasteiger partial charge in [0, 0.05) is 35.2 Å². The lowest BCUT2D eigenvalue weighted by Crippen LogP contribution is -2.13. The summed E-state index contributed by atoms with van der Waals surface area (Å²) in [6.45, 7) is 0.416. The zero-order chi connectivity index (χ0) is 23.6. The maximum Gasteiger partial charge on any atom is 0.256 e. The Morgan fingerprint density at radius 3 is 2.80 bits per heavy atom. The summed E-state index contributed by atoms with van der Waals surface area (Å²) in [5.41, 5.74) is 4.60. The topological polar surface area (TPSA) is 85.8 Å². The second kappa shape index (κ2) is 9.59. The number of benzene rings is 1. The first-order chi connectivity index (χ1) is 17.2. The summed E-state index contributed by atoms with van der Waals surface area (Å²) < 4.78 is 7.66. The van der Waals surface area contributed by atoms with Gasteiger partial charge in [-0.2, -0.15) is 5.10 Å². The van der Waals surface area contributed by atoms with Gasteiger partial charge in [0.2, 0.25) is 0 Å². The van der Waals surface area contributed by atoms with Gasteiger partial charge < -0.3 is 9.73 Å². The largest absolute Gasteiger partial charge is 0.467 e. The smallest absolute Gasteiger partial charge is 0.256 e. The van der Waals surface area contributed by atoms with Crippen LogP contribution in [0.4, 0.5) is 5.69 Å². The predicted octanol–water partition coefficient (Wildman–Crippen LogP) is 5.87. The molecule has 174 valence electrons. The zero-order valence-corrected chi connectivity index (χ0v) is 20.3. The van der Waals surface area contributed by atoms with Crippen LogP contribution in [-0.4, -0.2) is 37.2 Å². The second-order valence-electron chi connectivity index (χ2n) is 8.07. The molecule has 1 N–H and O–H groups in total. The van der Waals surface area contributed by atoms with E-state index in [1.54, 1.807) is 35.6 Å². The van der Waals surface area contributed by atoms with Gasteiger partial charge in [0.05, 0.1) is 33.7 Å². The fourth-order valence-electron chi connectivity index (χ4n) is 4.08. The molecule has 0 aliphatic carbocycles. The summed E-state index contributed by atoms with van der Waals surface area (Å²) in [7, 11) is 0. The summed E-state index contributed by atoms with van der Waals surface area (Å²) in [6, 6.07) is 17.4. The Morgan fingerprint density at radius 2 is 2.00 bits per heavy atom. The van der Waals surface area contributed by atoms with Crippen LogP contribution in [0.3, 0.4) is 0 Å². The predicted molar refractivity (Wildman–Crippen MR) is 141 cm³/mol. The summed E-state index contributed by atoms with van der Waals surface area (Å²) in [5, 5.41) is 8.29. The third-order valence-corrected chi connectivity index (χ3v) is 8.84. The number of fused-ring (bicyclic) bond motifs is 1. The number of carbonyl (C=O) groups excluding carboxylic acids is 1. The average molecular weight is 500 g/mol. The van der Waals surface area contributed by atoms with E-state index in [1.165, 1.54) is 5.56 Å². The number of nitrogens with one attached hydrogen (secondary N) is 1. The Labute approximate surface area is 210 Å². The highest BCUT2D eigenvalue weighted by Gasteiger charge is 2.21. The Balaban J connectivity index is 1.39. The number of rotatable bonds is 6. The quantitative estimate of drug-likeness (QED) is 0.313. The van der Waals surface area contributed by atoms with E-state index in [-0.39, 0.29) is 5.91 Å². The maximum absolute atomic E-state index is 13.5. The van der Waals surface area contributed by atoms with Crippen LogP contribution in [0, 0.1) is 0 Å². The summed E-state index contributed by atoms with van der Waals surface area (Å²) in [6.07, 6.45) is 6.77. The zero-order valence-electron chi connectivity index (χ0n) is 18.6. The first-order valence-electron chi connectivity index (χ1n) is 11.2. The van der Waals surface area contributed by atoms with E-state index in [2.05, 4.69) is 27.5 Å². The molecule has 7 nitrogen and oxygen atoms in total. The van der Waals surface area contributed by atoms with E-state index in [0.717, 1.165) is 28.5 Å². The third-order valence-electron chi connectivity index (χ3n) is 5.74. The molecule has 0 unspecified atom stereocenters. The van der Waals surface area contributed by atoms with Crippen LogP contribution in [0.1, 0.15) is 26.3 Å². The van der Waals surface area contributed by atoms with Gasteiger partial charge in [0.15, 0.2) is 5.65 Å². The van der Waals surface area contributed by atoms with E-state index in [9.17, 15) is 4.79 Å². The SMILES string of the molecule is O=C(Nc1cccc(C2SCCS2)c1)c1cc(-c2cccnc2)nc2c1cnn2Cc1ccco1. The van der Waals surface area contributed by atoms with Crippen molar-refractivity contribution in [1.29, 1.82) is 0 Å². The highest BCUT2D eigenvalue weighted by molar-refractivity contribution is 8.19. The minimum Gasteiger partial charge on any atom is -0.467 e. The Morgan fingerprint density at radius 1 is 1.09 bits per heavy atom. The number of nitrogens with zero attached hydrogens (tertiary/aromatic N) is 4. The third kappa shape index (κ3) is 4.56. The normalized spacial score (nSPS) is 13.9. The molecule has 0 atom stereocenters. The minimum absolute atomic E-state index is 0.205. The molecule has 6 rings (SSSR count). The number of furan rings is 1. The molecule has 5 aromatic rings. The molecule has 0 spiro atoms. The van der Waals surface area contributed by atoms with Crippen molar-refractivity contribution in [3.63, 3.8) is 0 Å². The number of anilines is 1. The lowest BCUT2D eigenvalue weighted by molar-refractivity contribution is 0.102. The lowest BCUT2D eigenvalue weighted by atomic mass is 10.1. The maximum atomic E-state index is 13.5. The molecule has 1 aliphatic rings. The number of amides is 1. The fourth-order valence-corrected chi connectivity index (χ4v) is 6.91. The molecule has 0 radical (unpaired) electrons. The van der Waals surface area contributed by atoms with Crippen molar-refractivity contribution in [2.24, 2.45) is 0 Å². The number of carbonyl (C=O) groups is 1. The Hall–Kier alpha value is -3.56. The molecular weight excluding hydrogens is 478 g/mol. The molecular formula is C26H21N5O2S2. The molecule has 1 fully saturated rings. The summed E-state index contributed by atoms with van der Waals surface area (Å²) in [4.78, 5) is 22.6. The molecule has 1 aromatic carbocycles. The number of hydrogen-bond donors (Lipinski definition) is 1. The van der Waals surface area contributed by atoms with Crippen LogP contribution in [0.15, 0.2) is 83.9 Å². The van der Waals surface area contributed by atoms with Crippen molar-refractivity contribution < 1.29 is 9.21 Å². The van der Waals surface area contributed by atoms with Crippen LogP contribution in [-0.2, 0) is 6.54 Å². The van der Waals surface area contributed by atoms with Crippen molar-refractivity contribution in [2.45, 2.75) is 11.1 Å². The van der Waals surface area contributed by atoms with Gasteiger partial charge in [-0.1, -0.05) is 12.1 Å². The van der Waals surface area contributed by atoms with Crippen LogP contribution in [0.5, 0.6) is 0 Å². The standard InChI is InChI=1S/C26H21N5O2S2/c32-25(29-19-6-1-4-17(12-19)26-34-10-11-35-26)21-13-23(18-5-2-8-27-14-18)30-24-22(21)15-28-31(24)16-20-7-3-9-33-20/h1-9,12-15,26H,10-11,16H2,(H,29,32). The van der Waals surface area contributed by atoms with E-state index in [0.29, 0.717) is 33.4 Å². The van der Waals surface area contributed by atoms with Crippen LogP contribution >= 0.6 is 23.5 Å². The Bertz CT molecular complexity index is 1480. The van der Waals surface area contributed by atoms with E-state index < -0.39 is 0 Å². The van der Waals surface area contributed by atoms with E-state index in [1.807, 2.05) is 59.9 Å². The van der Waals surface area contributed by atoms with Crippen LogP contribution < -0.4 is 5.32 Å². The van der Waals surface area contributed by atoms with Crippen LogP contribution in [0.25, 0.3) is 22.3 Å². The van der Waals surface area contributed by atoms with Gasteiger partial charge >= 0.3 is 0 Å². The van der Waals surface area contributed by atoms with Gasteiger partial charge in [0.25, 0.3) is 5.91 Å². The summed E-state index contributed by atoms with van der Waals surface area (Å²) in [5.74, 6) is 2.86. The number of aromatic nitrogens is 4. The molecule has 4 aromatic heterocycles. The highest BCUT2D eigenvalue weighted by Crippen LogP contribution is 2.45. The first-order valence-corrected chi connectivity index (χ1v) is 13.3. The van der Waals surface area contributed by atoms with Gasteiger partial charge in [-0.15, -0.1) is 23.5 Å². The average Bonchev–Trinajstić information content (AvgIpc) is 3.68. The fraction of sp³-hybridized carbons (Fsp3) is 0.154. The number of pyridine rings is 2. The van der Waals surface area contributed by atoms with Gasteiger partial charge in [-0.25, -0.2) is 9.67 Å². The van der Waals surface area contributed by atoms with E-state index >= 15 is 0 Å². The molecule has 1 saturated heterocycles. The molecule has 0 saturated carbocycles. The first kappa shape index (κ1) is 21.9. The van der Waals surface area contributed by atoms with Gasteiger partial charge in [-0.3, -0.25) is 9.78 Å². The molecule has 1 aliphatic heterocycles. The molecule has 35 heavy (non-hydrogen) atoms. The minimum atomic E-state index is -0.205. The molecule has 5 heterocycles. The van der Waals surface area contributed by atoms with E-state index in [4.69, 9.17) is 9.40 Å².